The van der Waals surface area contributed by atoms with E-state index in [2.05, 4.69) is 5.32 Å². The van der Waals surface area contributed by atoms with Gasteiger partial charge in [-0.2, -0.15) is 0 Å². The van der Waals surface area contributed by atoms with Crippen LogP contribution >= 0.6 is 11.6 Å². The first-order chi connectivity index (χ1) is 11.5. The Balaban J connectivity index is 1.94. The Morgan fingerprint density at radius 3 is 2.50 bits per heavy atom. The van der Waals surface area contributed by atoms with Crippen molar-refractivity contribution in [3.05, 3.63) is 53.1 Å². The van der Waals surface area contributed by atoms with Crippen LogP contribution in [0.4, 0.5) is 5.69 Å². The highest BCUT2D eigenvalue weighted by molar-refractivity contribution is 6.30. The molecule has 6 heteroatoms. The van der Waals surface area contributed by atoms with Crippen molar-refractivity contribution in [1.29, 1.82) is 0 Å². The minimum atomic E-state index is -0.109. The summed E-state index contributed by atoms with van der Waals surface area (Å²) in [7, 11) is 3.14. The van der Waals surface area contributed by atoms with E-state index in [4.69, 9.17) is 21.1 Å². The van der Waals surface area contributed by atoms with Gasteiger partial charge in [0.05, 0.1) is 19.9 Å². The monoisotopic (exact) mass is 349 g/mol. The summed E-state index contributed by atoms with van der Waals surface area (Å²) in [5.74, 6) is 1.14. The molecule has 0 aliphatic rings. The van der Waals surface area contributed by atoms with E-state index in [0.717, 1.165) is 5.56 Å². The number of hydrogen-bond donors (Lipinski definition) is 2. The van der Waals surface area contributed by atoms with Crippen molar-refractivity contribution in [3.8, 4) is 11.5 Å². The average molecular weight is 350 g/mol. The van der Waals surface area contributed by atoms with Crippen LogP contribution in [0.5, 0.6) is 11.5 Å². The zero-order valence-electron chi connectivity index (χ0n) is 14.0. The standard InChI is InChI=1S/C18H21ClN2O3/c1-12(13-4-6-14(19)7-5-13)20-11-18(22)21-16-10-15(23-2)8-9-17(16)24-3/h4-10,12,20H,11H2,1-3H3,(H,21,22)/p+1/t12-/m1/s1. The topological polar surface area (TPSA) is 64.2 Å². The summed E-state index contributed by atoms with van der Waals surface area (Å²) in [6.45, 7) is 2.34. The lowest BCUT2D eigenvalue weighted by molar-refractivity contribution is -0.682. The van der Waals surface area contributed by atoms with Crippen molar-refractivity contribution in [2.45, 2.75) is 13.0 Å². The second-order valence-electron chi connectivity index (χ2n) is 5.39. The fourth-order valence-corrected chi connectivity index (χ4v) is 2.43. The SMILES string of the molecule is COc1ccc(OC)c(NC(=O)C[NH2+][C@H](C)c2ccc(Cl)cc2)c1. The number of quaternary nitrogens is 1. The predicted octanol–water partition coefficient (Wildman–Crippen LogP) is 2.62. The third kappa shape index (κ3) is 4.88. The molecule has 1 atom stereocenters. The maximum Gasteiger partial charge on any atom is 0.279 e. The van der Waals surface area contributed by atoms with E-state index in [9.17, 15) is 4.79 Å². The van der Waals surface area contributed by atoms with Crippen LogP contribution in [0.2, 0.25) is 5.02 Å². The van der Waals surface area contributed by atoms with Crippen LogP contribution in [0.25, 0.3) is 0 Å². The molecule has 1 amide bonds. The number of amides is 1. The number of hydrogen-bond acceptors (Lipinski definition) is 3. The fourth-order valence-electron chi connectivity index (χ4n) is 2.30. The third-order valence-electron chi connectivity index (χ3n) is 3.73. The van der Waals surface area contributed by atoms with Gasteiger partial charge in [-0.3, -0.25) is 4.79 Å². The van der Waals surface area contributed by atoms with Gasteiger partial charge >= 0.3 is 0 Å². The zero-order valence-corrected chi connectivity index (χ0v) is 14.8. The van der Waals surface area contributed by atoms with E-state index in [0.29, 0.717) is 28.8 Å². The van der Waals surface area contributed by atoms with Crippen molar-refractivity contribution in [3.63, 3.8) is 0 Å². The van der Waals surface area contributed by atoms with E-state index in [1.807, 2.05) is 36.5 Å². The summed E-state index contributed by atoms with van der Waals surface area (Å²) in [6, 6.07) is 13.1. The van der Waals surface area contributed by atoms with Crippen molar-refractivity contribution in [2.75, 3.05) is 26.1 Å². The number of halogens is 1. The predicted molar refractivity (Wildman–Crippen MR) is 94.8 cm³/mol. The molecule has 0 saturated carbocycles. The lowest BCUT2D eigenvalue weighted by Crippen LogP contribution is -2.86. The highest BCUT2D eigenvalue weighted by Crippen LogP contribution is 2.28. The number of nitrogens with two attached hydrogens (primary N) is 1. The van der Waals surface area contributed by atoms with Gasteiger partial charge in [0, 0.05) is 16.7 Å². The summed E-state index contributed by atoms with van der Waals surface area (Å²) in [6.07, 6.45) is 0. The van der Waals surface area contributed by atoms with Gasteiger partial charge in [-0.25, -0.2) is 0 Å². The number of benzene rings is 2. The Bertz CT molecular complexity index is 689. The van der Waals surface area contributed by atoms with E-state index in [1.165, 1.54) is 0 Å². The quantitative estimate of drug-likeness (QED) is 0.807. The van der Waals surface area contributed by atoms with Crippen LogP contribution in [-0.2, 0) is 4.79 Å². The molecule has 2 rings (SSSR count). The molecular weight excluding hydrogens is 328 g/mol. The molecular formula is C18H22ClN2O3+. The average Bonchev–Trinajstić information content (AvgIpc) is 2.60. The summed E-state index contributed by atoms with van der Waals surface area (Å²) in [5.41, 5.74) is 1.71. The Labute approximate surface area is 146 Å². The van der Waals surface area contributed by atoms with Crippen LogP contribution in [0, 0.1) is 0 Å². The Hall–Kier alpha value is -2.24. The van der Waals surface area contributed by atoms with Crippen LogP contribution in [0.1, 0.15) is 18.5 Å². The van der Waals surface area contributed by atoms with Crippen LogP contribution < -0.4 is 20.1 Å². The highest BCUT2D eigenvalue weighted by atomic mass is 35.5. The van der Waals surface area contributed by atoms with Gasteiger partial charge in [-0.05, 0) is 31.2 Å². The maximum absolute atomic E-state index is 12.2. The molecule has 24 heavy (non-hydrogen) atoms. The van der Waals surface area contributed by atoms with Crippen LogP contribution in [0.3, 0.4) is 0 Å². The molecule has 2 aromatic carbocycles. The van der Waals surface area contributed by atoms with Gasteiger partial charge in [-0.1, -0.05) is 23.7 Å². The second kappa shape index (κ2) is 8.57. The third-order valence-corrected chi connectivity index (χ3v) is 3.99. The molecule has 5 nitrogen and oxygen atoms in total. The van der Waals surface area contributed by atoms with E-state index < -0.39 is 0 Å². The summed E-state index contributed by atoms with van der Waals surface area (Å²) in [5, 5.41) is 5.52. The van der Waals surface area contributed by atoms with Gasteiger partial charge in [0.25, 0.3) is 5.91 Å². The molecule has 0 fully saturated rings. The summed E-state index contributed by atoms with van der Waals surface area (Å²) in [4.78, 5) is 12.2. The fraction of sp³-hybridized carbons (Fsp3) is 0.278. The number of rotatable bonds is 7. The molecule has 2 aromatic rings. The minimum absolute atomic E-state index is 0.109. The van der Waals surface area contributed by atoms with E-state index in [-0.39, 0.29) is 11.9 Å². The Morgan fingerprint density at radius 1 is 1.17 bits per heavy atom. The van der Waals surface area contributed by atoms with Crippen molar-refractivity contribution in [2.24, 2.45) is 0 Å². The number of anilines is 1. The summed E-state index contributed by atoms with van der Waals surface area (Å²) >= 11 is 5.89. The molecule has 0 aromatic heterocycles. The van der Waals surface area contributed by atoms with Crippen molar-refractivity contribution >= 4 is 23.2 Å². The molecule has 0 radical (unpaired) electrons. The summed E-state index contributed by atoms with van der Waals surface area (Å²) < 4.78 is 10.4. The second-order valence-corrected chi connectivity index (χ2v) is 5.83. The normalized spacial score (nSPS) is 11.7. The first-order valence-electron chi connectivity index (χ1n) is 7.64. The molecule has 0 bridgehead atoms. The van der Waals surface area contributed by atoms with Crippen molar-refractivity contribution in [1.82, 2.24) is 0 Å². The lowest BCUT2D eigenvalue weighted by Gasteiger charge is -2.13. The van der Waals surface area contributed by atoms with Gasteiger partial charge in [0.2, 0.25) is 0 Å². The van der Waals surface area contributed by atoms with Crippen molar-refractivity contribution < 1.29 is 19.6 Å². The molecule has 0 aliphatic heterocycles. The van der Waals surface area contributed by atoms with Gasteiger partial charge in [-0.15, -0.1) is 0 Å². The van der Waals surface area contributed by atoms with E-state index >= 15 is 0 Å². The first kappa shape index (κ1) is 18.1. The number of carbonyl (C=O) groups excluding carboxylic acids is 1. The van der Waals surface area contributed by atoms with Gasteiger partial charge in [0.1, 0.15) is 17.5 Å². The number of ether oxygens (including phenoxy) is 2. The molecule has 3 N–H and O–H groups in total. The Kier molecular flexibility index (Phi) is 6.46. The molecule has 0 unspecified atom stereocenters. The van der Waals surface area contributed by atoms with Gasteiger partial charge in [0.15, 0.2) is 6.54 Å². The largest absolute Gasteiger partial charge is 0.497 e. The van der Waals surface area contributed by atoms with E-state index in [1.54, 1.807) is 32.4 Å². The lowest BCUT2D eigenvalue weighted by atomic mass is 10.1. The Morgan fingerprint density at radius 2 is 1.88 bits per heavy atom. The van der Waals surface area contributed by atoms with Gasteiger partial charge < -0.3 is 20.1 Å². The maximum atomic E-state index is 12.2. The number of methoxy groups -OCH3 is 2. The highest BCUT2D eigenvalue weighted by Gasteiger charge is 2.14. The zero-order chi connectivity index (χ0) is 17.5. The molecule has 0 spiro atoms. The first-order valence-corrected chi connectivity index (χ1v) is 8.02. The molecule has 0 aliphatic carbocycles. The van der Waals surface area contributed by atoms with Crippen LogP contribution in [-0.4, -0.2) is 26.7 Å². The minimum Gasteiger partial charge on any atom is -0.497 e. The van der Waals surface area contributed by atoms with Crippen LogP contribution in [0.15, 0.2) is 42.5 Å². The number of carbonyl (C=O) groups is 1. The number of nitrogens with one attached hydrogen (secondary N) is 1. The molecule has 128 valence electrons. The molecule has 0 heterocycles. The molecule has 0 saturated heterocycles. The smallest absolute Gasteiger partial charge is 0.279 e.